The van der Waals surface area contributed by atoms with Crippen LogP contribution in [0.4, 0.5) is 26.2 Å². The maximum Gasteiger partial charge on any atom is 0.336 e. The van der Waals surface area contributed by atoms with Crippen LogP contribution in [0.2, 0.25) is 0 Å². The summed E-state index contributed by atoms with van der Waals surface area (Å²) in [4.78, 5) is 36.2. The summed E-state index contributed by atoms with van der Waals surface area (Å²) in [7, 11) is 1.41. The Bertz CT molecular complexity index is 1150. The Hall–Kier alpha value is -4.05. The lowest BCUT2D eigenvalue weighted by molar-refractivity contribution is 0.0696. The molecule has 0 aromatic heterocycles. The van der Waals surface area contributed by atoms with Crippen LogP contribution in [-0.4, -0.2) is 30.1 Å². The molecule has 3 N–H and O–H groups in total. The summed E-state index contributed by atoms with van der Waals surface area (Å²) in [5, 5.41) is 14.2. The first-order valence-corrected chi connectivity index (χ1v) is 9.57. The molecule has 3 amide bonds. The quantitative estimate of drug-likeness (QED) is 0.404. The van der Waals surface area contributed by atoms with Crippen LogP contribution in [0.5, 0.6) is 5.75 Å². The summed E-state index contributed by atoms with van der Waals surface area (Å²) in [6, 6.07) is 14.6. The van der Waals surface area contributed by atoms with Crippen LogP contribution < -0.4 is 19.7 Å². The van der Waals surface area contributed by atoms with Crippen molar-refractivity contribution in [1.29, 1.82) is 0 Å². The molecule has 0 radical (unpaired) electrons. The number of carbonyl (C=O) groups excluding carboxylic acids is 2. The van der Waals surface area contributed by atoms with Crippen molar-refractivity contribution in [3.05, 3.63) is 83.7 Å². The highest BCUT2D eigenvalue weighted by molar-refractivity contribution is 7.82. The molecule has 8 nitrogen and oxygen atoms in total. The van der Waals surface area contributed by atoms with E-state index >= 15 is 0 Å². The Morgan fingerprint density at radius 2 is 1.56 bits per heavy atom. The van der Waals surface area contributed by atoms with Crippen molar-refractivity contribution in [1.82, 2.24) is 0 Å². The maximum absolute atomic E-state index is 13.0. The Labute approximate surface area is 188 Å². The Kier molecular flexibility index (Phi) is 6.96. The number of carboxylic acids is 1. The normalized spacial score (nSPS) is 10.2. The summed E-state index contributed by atoms with van der Waals surface area (Å²) in [5.74, 6) is -1.68. The van der Waals surface area contributed by atoms with Crippen molar-refractivity contribution >= 4 is 47.8 Å². The second-order valence-corrected chi connectivity index (χ2v) is 6.87. The van der Waals surface area contributed by atoms with Crippen LogP contribution in [0, 0.1) is 5.82 Å². The number of thiol groups is 1. The topological polar surface area (TPSA) is 108 Å². The van der Waals surface area contributed by atoms with Gasteiger partial charge in [0.25, 0.3) is 5.91 Å². The number of nitrogens with zero attached hydrogens (tertiary/aromatic N) is 1. The van der Waals surface area contributed by atoms with Crippen LogP contribution >= 0.6 is 12.8 Å². The van der Waals surface area contributed by atoms with Gasteiger partial charge in [-0.15, -0.1) is 0 Å². The molecule has 32 heavy (non-hydrogen) atoms. The molecule has 10 heteroatoms. The van der Waals surface area contributed by atoms with Crippen LogP contribution in [0.15, 0.2) is 66.7 Å². The Morgan fingerprint density at radius 1 is 0.938 bits per heavy atom. The molecule has 3 aromatic rings. The minimum atomic E-state index is -1.09. The molecule has 0 bridgehead atoms. The lowest BCUT2D eigenvalue weighted by Crippen LogP contribution is -2.27. The number of carbonyl (C=O) groups is 3. The number of hydrogen-bond acceptors (Lipinski definition) is 5. The predicted molar refractivity (Wildman–Crippen MR) is 121 cm³/mol. The average Bonchev–Trinajstić information content (AvgIpc) is 2.80. The number of aromatic carboxylic acids is 1. The fourth-order valence-corrected chi connectivity index (χ4v) is 2.90. The van der Waals surface area contributed by atoms with Gasteiger partial charge in [0.05, 0.1) is 24.0 Å². The number of nitrogens with one attached hydrogen (secondary N) is 2. The first kappa shape index (κ1) is 22.6. The lowest BCUT2D eigenvalue weighted by Gasteiger charge is -2.18. The van der Waals surface area contributed by atoms with Crippen LogP contribution in [-0.2, 0) is 0 Å². The van der Waals surface area contributed by atoms with Gasteiger partial charge in [-0.2, -0.15) is 0 Å². The van der Waals surface area contributed by atoms with Crippen LogP contribution in [0.1, 0.15) is 20.7 Å². The van der Waals surface area contributed by atoms with Crippen molar-refractivity contribution in [2.24, 2.45) is 0 Å². The highest BCUT2D eigenvalue weighted by Crippen LogP contribution is 2.27. The van der Waals surface area contributed by atoms with E-state index in [1.807, 2.05) is 0 Å². The molecule has 0 atom stereocenters. The lowest BCUT2D eigenvalue weighted by atomic mass is 10.1. The minimum absolute atomic E-state index is 0.0671. The zero-order valence-corrected chi connectivity index (χ0v) is 17.6. The third kappa shape index (κ3) is 5.35. The summed E-state index contributed by atoms with van der Waals surface area (Å²) in [6.07, 6.45) is 0. The first-order chi connectivity index (χ1) is 15.3. The largest absolute Gasteiger partial charge is 0.495 e. The number of amides is 3. The van der Waals surface area contributed by atoms with E-state index in [2.05, 4.69) is 23.4 Å². The summed E-state index contributed by atoms with van der Waals surface area (Å²) >= 11 is 4.16. The fraction of sp³-hybridized carbons (Fsp3) is 0.0455. The third-order valence-electron chi connectivity index (χ3n) is 4.36. The molecular formula is C22H18FN3O5S. The van der Waals surface area contributed by atoms with Gasteiger partial charge in [-0.3, -0.25) is 4.79 Å². The number of rotatable bonds is 6. The number of ether oxygens (including phenoxy) is 1. The van der Waals surface area contributed by atoms with Gasteiger partial charge in [-0.1, -0.05) is 12.8 Å². The van der Waals surface area contributed by atoms with Gasteiger partial charge in [0.2, 0.25) is 0 Å². The van der Waals surface area contributed by atoms with Gasteiger partial charge in [0.15, 0.2) is 0 Å². The van der Waals surface area contributed by atoms with Crippen molar-refractivity contribution < 1.29 is 28.6 Å². The summed E-state index contributed by atoms with van der Waals surface area (Å²) < 4.78 is 19.3. The number of methoxy groups -OCH3 is 1. The van der Waals surface area contributed by atoms with Gasteiger partial charge in [-0.05, 0) is 66.7 Å². The summed E-state index contributed by atoms with van der Waals surface area (Å²) in [5.41, 5.74) is 1.24. The Morgan fingerprint density at radius 3 is 2.16 bits per heavy atom. The van der Waals surface area contributed by atoms with Crippen molar-refractivity contribution in [3.8, 4) is 5.75 Å². The van der Waals surface area contributed by atoms with Crippen molar-refractivity contribution in [3.63, 3.8) is 0 Å². The smallest absolute Gasteiger partial charge is 0.336 e. The molecule has 0 unspecified atom stereocenters. The second kappa shape index (κ2) is 9.84. The van der Waals surface area contributed by atoms with E-state index in [0.29, 0.717) is 17.1 Å². The van der Waals surface area contributed by atoms with Crippen LogP contribution in [0.25, 0.3) is 0 Å². The molecule has 0 heterocycles. The van der Waals surface area contributed by atoms with Gasteiger partial charge >= 0.3 is 12.0 Å². The second-order valence-electron chi connectivity index (χ2n) is 6.47. The van der Waals surface area contributed by atoms with Gasteiger partial charge < -0.3 is 20.5 Å². The first-order valence-electron chi connectivity index (χ1n) is 9.17. The monoisotopic (exact) mass is 455 g/mol. The van der Waals surface area contributed by atoms with E-state index in [0.717, 1.165) is 4.31 Å². The molecule has 3 aromatic carbocycles. The number of urea groups is 1. The molecular weight excluding hydrogens is 437 g/mol. The van der Waals surface area contributed by atoms with Crippen molar-refractivity contribution in [2.75, 3.05) is 22.0 Å². The SMILES string of the molecule is COc1ccc(C(=O)Nc2ccc(F)cc2)cc1NC(=O)N(S)c1ccc(C(=O)O)cc1. The molecule has 0 aliphatic heterocycles. The highest BCUT2D eigenvalue weighted by atomic mass is 32.1. The highest BCUT2D eigenvalue weighted by Gasteiger charge is 2.17. The van der Waals surface area contributed by atoms with E-state index in [1.165, 1.54) is 73.8 Å². The molecule has 0 fully saturated rings. The van der Waals surface area contributed by atoms with Crippen LogP contribution in [0.3, 0.4) is 0 Å². The number of anilines is 3. The van der Waals surface area contributed by atoms with E-state index < -0.39 is 23.7 Å². The average molecular weight is 455 g/mol. The van der Waals surface area contributed by atoms with Gasteiger partial charge in [0.1, 0.15) is 11.6 Å². The molecule has 0 saturated heterocycles. The van der Waals surface area contributed by atoms with E-state index in [-0.39, 0.29) is 16.8 Å². The standard InChI is InChI=1S/C22H18FN3O5S/c1-31-19-11-4-14(20(27)24-16-7-5-15(23)6-8-16)12-18(19)25-22(30)26(32)17-9-2-13(3-10-17)21(28)29/h2-12,32H,1H3,(H,24,27)(H,25,30)(H,28,29). The van der Waals surface area contributed by atoms with Crippen molar-refractivity contribution in [2.45, 2.75) is 0 Å². The zero-order chi connectivity index (χ0) is 23.3. The zero-order valence-electron chi connectivity index (χ0n) is 16.7. The maximum atomic E-state index is 13.0. The third-order valence-corrected chi connectivity index (χ3v) is 4.77. The van der Waals surface area contributed by atoms with Gasteiger partial charge in [0, 0.05) is 11.3 Å². The number of carboxylic acid groups (broad SMARTS) is 1. The fourth-order valence-electron chi connectivity index (χ4n) is 2.71. The molecule has 3 rings (SSSR count). The molecule has 164 valence electrons. The molecule has 0 spiro atoms. The van der Waals surface area contributed by atoms with Gasteiger partial charge in [-0.25, -0.2) is 18.3 Å². The number of benzene rings is 3. The van der Waals surface area contributed by atoms with E-state index in [4.69, 9.17) is 9.84 Å². The Balaban J connectivity index is 1.77. The minimum Gasteiger partial charge on any atom is -0.495 e. The van der Waals surface area contributed by atoms with E-state index in [1.54, 1.807) is 0 Å². The number of halogens is 1. The molecule has 0 aliphatic rings. The summed E-state index contributed by atoms with van der Waals surface area (Å²) in [6.45, 7) is 0. The van der Waals surface area contributed by atoms with E-state index in [9.17, 15) is 18.8 Å². The number of hydrogen-bond donors (Lipinski definition) is 4. The molecule has 0 saturated carbocycles. The molecule has 0 aliphatic carbocycles. The predicted octanol–water partition coefficient (Wildman–Crippen LogP) is 4.67.